The summed E-state index contributed by atoms with van der Waals surface area (Å²) >= 11 is 0. The Hall–Kier alpha value is -0.995. The highest BCUT2D eigenvalue weighted by Crippen LogP contribution is 2.36. The SMILES string of the molecule is CCCCCCCCCOc1ccc(B2OC(C)(C)C(C)(C)O2)cc1. The standard InChI is InChI=1S/C21H35BO3/c1-6-7-8-9-10-11-12-17-23-19-15-13-18(14-16-19)22-24-20(2,3)21(4,5)25-22/h13-16H,6-12,17H2,1-5H3. The van der Waals surface area contributed by atoms with Crippen LogP contribution in [0.2, 0.25) is 0 Å². The summed E-state index contributed by atoms with van der Waals surface area (Å²) in [7, 11) is -0.304. The Balaban J connectivity index is 1.70. The molecule has 2 rings (SSSR count). The molecule has 3 nitrogen and oxygen atoms in total. The number of ether oxygens (including phenoxy) is 1. The molecule has 1 aliphatic heterocycles. The van der Waals surface area contributed by atoms with Gasteiger partial charge < -0.3 is 14.0 Å². The number of rotatable bonds is 10. The molecule has 1 heterocycles. The highest BCUT2D eigenvalue weighted by Gasteiger charge is 2.51. The Morgan fingerprint density at radius 1 is 0.800 bits per heavy atom. The smallest absolute Gasteiger partial charge is 0.494 e. The molecule has 1 saturated heterocycles. The zero-order valence-corrected chi connectivity index (χ0v) is 16.8. The lowest BCUT2D eigenvalue weighted by Crippen LogP contribution is -2.41. The Morgan fingerprint density at radius 3 is 1.88 bits per heavy atom. The average Bonchev–Trinajstić information content (AvgIpc) is 2.78. The maximum absolute atomic E-state index is 6.08. The molecule has 1 aliphatic rings. The maximum Gasteiger partial charge on any atom is 0.494 e. The van der Waals surface area contributed by atoms with Gasteiger partial charge in [0.25, 0.3) is 0 Å². The summed E-state index contributed by atoms with van der Waals surface area (Å²) in [6, 6.07) is 8.12. The summed E-state index contributed by atoms with van der Waals surface area (Å²) in [5, 5.41) is 0. The first kappa shape index (κ1) is 20.3. The van der Waals surface area contributed by atoms with Crippen molar-refractivity contribution in [3.8, 4) is 5.75 Å². The monoisotopic (exact) mass is 346 g/mol. The number of benzene rings is 1. The van der Waals surface area contributed by atoms with Crippen LogP contribution in [-0.4, -0.2) is 24.9 Å². The van der Waals surface area contributed by atoms with E-state index in [2.05, 4.69) is 34.6 Å². The topological polar surface area (TPSA) is 27.7 Å². The predicted molar refractivity (Wildman–Crippen MR) is 106 cm³/mol. The van der Waals surface area contributed by atoms with E-state index in [1.54, 1.807) is 0 Å². The molecule has 0 radical (unpaired) electrons. The van der Waals surface area contributed by atoms with E-state index in [1.807, 2.05) is 24.3 Å². The van der Waals surface area contributed by atoms with Gasteiger partial charge in [0.15, 0.2) is 0 Å². The van der Waals surface area contributed by atoms with E-state index >= 15 is 0 Å². The molecule has 0 saturated carbocycles. The molecular weight excluding hydrogens is 311 g/mol. The van der Waals surface area contributed by atoms with E-state index in [1.165, 1.54) is 38.5 Å². The zero-order valence-electron chi connectivity index (χ0n) is 16.8. The van der Waals surface area contributed by atoms with Gasteiger partial charge in [0.05, 0.1) is 17.8 Å². The summed E-state index contributed by atoms with van der Waals surface area (Å²) in [4.78, 5) is 0. The minimum Gasteiger partial charge on any atom is -0.494 e. The lowest BCUT2D eigenvalue weighted by molar-refractivity contribution is 0.00578. The molecule has 25 heavy (non-hydrogen) atoms. The Labute approximate surface area is 154 Å². The van der Waals surface area contributed by atoms with Crippen molar-refractivity contribution >= 4 is 12.6 Å². The van der Waals surface area contributed by atoms with Crippen molar-refractivity contribution in [2.45, 2.75) is 90.8 Å². The van der Waals surface area contributed by atoms with Crippen LogP contribution >= 0.6 is 0 Å². The van der Waals surface area contributed by atoms with E-state index in [-0.39, 0.29) is 18.3 Å². The zero-order chi connectivity index (χ0) is 18.3. The van der Waals surface area contributed by atoms with E-state index < -0.39 is 0 Å². The maximum atomic E-state index is 6.08. The normalized spacial score (nSPS) is 18.5. The second-order valence-corrected chi connectivity index (χ2v) is 8.13. The van der Waals surface area contributed by atoms with Gasteiger partial charge in [-0.25, -0.2) is 0 Å². The third kappa shape index (κ3) is 5.75. The summed E-state index contributed by atoms with van der Waals surface area (Å²) in [6.45, 7) is 11.4. The first-order valence-electron chi connectivity index (χ1n) is 9.94. The lowest BCUT2D eigenvalue weighted by atomic mass is 9.79. The van der Waals surface area contributed by atoms with Gasteiger partial charge in [-0.15, -0.1) is 0 Å². The van der Waals surface area contributed by atoms with Gasteiger partial charge in [0.2, 0.25) is 0 Å². The van der Waals surface area contributed by atoms with Crippen molar-refractivity contribution in [2.75, 3.05) is 6.61 Å². The molecule has 0 bridgehead atoms. The minimum absolute atomic E-state index is 0.302. The minimum atomic E-state index is -0.304. The van der Waals surface area contributed by atoms with Crippen LogP contribution in [-0.2, 0) is 9.31 Å². The van der Waals surface area contributed by atoms with Gasteiger partial charge in [0.1, 0.15) is 5.75 Å². The molecule has 4 heteroatoms. The predicted octanol–water partition coefficient (Wildman–Crippen LogP) is 5.12. The fraction of sp³-hybridized carbons (Fsp3) is 0.714. The molecule has 0 aliphatic carbocycles. The fourth-order valence-electron chi connectivity index (χ4n) is 2.95. The molecule has 1 fully saturated rings. The van der Waals surface area contributed by atoms with Crippen molar-refractivity contribution in [3.05, 3.63) is 24.3 Å². The second kappa shape index (κ2) is 9.09. The Morgan fingerprint density at radius 2 is 1.32 bits per heavy atom. The molecule has 1 aromatic rings. The van der Waals surface area contributed by atoms with Crippen LogP contribution in [0.5, 0.6) is 5.75 Å². The molecule has 0 unspecified atom stereocenters. The lowest BCUT2D eigenvalue weighted by Gasteiger charge is -2.32. The van der Waals surface area contributed by atoms with Crippen LogP contribution in [0.1, 0.15) is 79.6 Å². The molecule has 140 valence electrons. The molecule has 0 aromatic heterocycles. The second-order valence-electron chi connectivity index (χ2n) is 8.13. The van der Waals surface area contributed by atoms with Crippen LogP contribution in [0.3, 0.4) is 0 Å². The van der Waals surface area contributed by atoms with Gasteiger partial charge in [-0.1, -0.05) is 57.6 Å². The summed E-state index contributed by atoms with van der Waals surface area (Å²) < 4.78 is 18.0. The van der Waals surface area contributed by atoms with Gasteiger partial charge in [-0.2, -0.15) is 0 Å². The molecule has 0 N–H and O–H groups in total. The summed E-state index contributed by atoms with van der Waals surface area (Å²) in [5.41, 5.74) is 0.440. The molecule has 0 atom stereocenters. The number of hydrogen-bond acceptors (Lipinski definition) is 3. The van der Waals surface area contributed by atoms with Crippen LogP contribution < -0.4 is 10.2 Å². The molecule has 1 aromatic carbocycles. The van der Waals surface area contributed by atoms with E-state index in [9.17, 15) is 0 Å². The van der Waals surface area contributed by atoms with E-state index in [0.29, 0.717) is 0 Å². The number of unbranched alkanes of at least 4 members (excludes halogenated alkanes) is 6. The van der Waals surface area contributed by atoms with Crippen molar-refractivity contribution in [3.63, 3.8) is 0 Å². The Bertz CT molecular complexity index is 494. The van der Waals surface area contributed by atoms with Gasteiger partial charge in [-0.3, -0.25) is 0 Å². The van der Waals surface area contributed by atoms with Crippen LogP contribution in [0, 0.1) is 0 Å². The Kier molecular flexibility index (Phi) is 7.39. The summed E-state index contributed by atoms with van der Waals surface area (Å²) in [5.74, 6) is 0.922. The van der Waals surface area contributed by atoms with Crippen LogP contribution in [0.15, 0.2) is 24.3 Å². The first-order chi connectivity index (χ1) is 11.9. The third-order valence-corrected chi connectivity index (χ3v) is 5.42. The van der Waals surface area contributed by atoms with E-state index in [0.717, 1.165) is 24.2 Å². The van der Waals surface area contributed by atoms with Crippen LogP contribution in [0.25, 0.3) is 0 Å². The molecule has 0 spiro atoms. The van der Waals surface area contributed by atoms with Crippen molar-refractivity contribution in [1.29, 1.82) is 0 Å². The van der Waals surface area contributed by atoms with Gasteiger partial charge in [-0.05, 0) is 51.7 Å². The highest BCUT2D eigenvalue weighted by molar-refractivity contribution is 6.62. The average molecular weight is 346 g/mol. The van der Waals surface area contributed by atoms with Crippen molar-refractivity contribution < 1.29 is 14.0 Å². The first-order valence-corrected chi connectivity index (χ1v) is 9.94. The summed E-state index contributed by atoms with van der Waals surface area (Å²) in [6.07, 6.45) is 9.12. The highest BCUT2D eigenvalue weighted by atomic mass is 16.7. The largest absolute Gasteiger partial charge is 0.494 e. The van der Waals surface area contributed by atoms with Gasteiger partial charge in [0, 0.05) is 0 Å². The van der Waals surface area contributed by atoms with Gasteiger partial charge >= 0.3 is 7.12 Å². The quantitative estimate of drug-likeness (QED) is 0.435. The molecular formula is C21H35BO3. The fourth-order valence-corrected chi connectivity index (χ4v) is 2.95. The number of hydrogen-bond donors (Lipinski definition) is 0. The molecule has 0 amide bonds. The van der Waals surface area contributed by atoms with Crippen molar-refractivity contribution in [1.82, 2.24) is 0 Å². The van der Waals surface area contributed by atoms with Crippen molar-refractivity contribution in [2.24, 2.45) is 0 Å². The van der Waals surface area contributed by atoms with E-state index in [4.69, 9.17) is 14.0 Å². The van der Waals surface area contributed by atoms with Crippen LogP contribution in [0.4, 0.5) is 0 Å². The third-order valence-electron chi connectivity index (χ3n) is 5.42.